The molecular formula is C14H12ClN3O2. The zero-order valence-corrected chi connectivity index (χ0v) is 11.5. The molecule has 102 valence electrons. The summed E-state index contributed by atoms with van der Waals surface area (Å²) in [5.74, 6) is 1.24. The van der Waals surface area contributed by atoms with E-state index in [4.69, 9.17) is 20.4 Å². The fourth-order valence-corrected chi connectivity index (χ4v) is 2.10. The molecule has 6 heteroatoms. The lowest BCUT2D eigenvalue weighted by Gasteiger charge is -2.11. The summed E-state index contributed by atoms with van der Waals surface area (Å²) in [6.07, 6.45) is 0. The summed E-state index contributed by atoms with van der Waals surface area (Å²) in [5.41, 5.74) is 1.04. The molecule has 5 nitrogen and oxygen atoms in total. The summed E-state index contributed by atoms with van der Waals surface area (Å²) in [5, 5.41) is 11.5. The van der Waals surface area contributed by atoms with Gasteiger partial charge in [-0.3, -0.25) is 0 Å². The average Bonchev–Trinajstić information content (AvgIpc) is 3.10. The Balaban J connectivity index is 1.92. The molecule has 1 atom stereocenters. The monoisotopic (exact) mass is 289 g/mol. The molecule has 0 bridgehead atoms. The minimum atomic E-state index is -0.164. The minimum absolute atomic E-state index is 0.164. The van der Waals surface area contributed by atoms with Crippen molar-refractivity contribution in [2.75, 3.05) is 7.05 Å². The van der Waals surface area contributed by atoms with E-state index in [0.717, 1.165) is 5.56 Å². The third-order valence-electron chi connectivity index (χ3n) is 2.89. The number of aromatic nitrogens is 2. The molecule has 1 aromatic carbocycles. The van der Waals surface area contributed by atoms with Crippen LogP contribution in [0.3, 0.4) is 0 Å². The van der Waals surface area contributed by atoms with E-state index in [-0.39, 0.29) is 11.3 Å². The topological polar surface area (TPSA) is 64.1 Å². The van der Waals surface area contributed by atoms with Crippen molar-refractivity contribution in [2.45, 2.75) is 6.04 Å². The molecule has 20 heavy (non-hydrogen) atoms. The standard InChI is InChI=1S/C14H12ClN3O2/c1-16-12(9-5-3-2-4-6-9)14-18-17-13(20-14)10-7-8-11(15)19-10/h2-8,12,16H,1H3. The molecule has 1 N–H and O–H groups in total. The van der Waals surface area contributed by atoms with Crippen LogP contribution < -0.4 is 5.32 Å². The first-order valence-electron chi connectivity index (χ1n) is 6.09. The second kappa shape index (κ2) is 5.48. The average molecular weight is 290 g/mol. The highest BCUT2D eigenvalue weighted by Gasteiger charge is 2.20. The molecule has 0 saturated heterocycles. The van der Waals surface area contributed by atoms with Crippen LogP contribution in [0.2, 0.25) is 5.22 Å². The lowest BCUT2D eigenvalue weighted by molar-refractivity contribution is 0.443. The first kappa shape index (κ1) is 12.9. The van der Waals surface area contributed by atoms with Gasteiger partial charge in [-0.15, -0.1) is 10.2 Å². The van der Waals surface area contributed by atoms with Gasteiger partial charge < -0.3 is 14.2 Å². The van der Waals surface area contributed by atoms with Gasteiger partial charge in [0.2, 0.25) is 5.89 Å². The lowest BCUT2D eigenvalue weighted by atomic mass is 10.1. The Hall–Kier alpha value is -2.11. The Morgan fingerprint density at radius 2 is 1.85 bits per heavy atom. The predicted molar refractivity (Wildman–Crippen MR) is 74.4 cm³/mol. The van der Waals surface area contributed by atoms with E-state index in [9.17, 15) is 0 Å². The first-order chi connectivity index (χ1) is 9.78. The molecule has 0 fully saturated rings. The molecule has 0 amide bonds. The highest BCUT2D eigenvalue weighted by Crippen LogP contribution is 2.27. The Morgan fingerprint density at radius 1 is 1.05 bits per heavy atom. The van der Waals surface area contributed by atoms with E-state index in [0.29, 0.717) is 17.5 Å². The van der Waals surface area contributed by atoms with Crippen molar-refractivity contribution < 1.29 is 8.83 Å². The Kier molecular flexibility index (Phi) is 3.54. The van der Waals surface area contributed by atoms with E-state index in [1.54, 1.807) is 12.1 Å². The van der Waals surface area contributed by atoms with Crippen molar-refractivity contribution in [3.63, 3.8) is 0 Å². The third-order valence-corrected chi connectivity index (χ3v) is 3.10. The molecule has 0 aliphatic rings. The van der Waals surface area contributed by atoms with Crippen molar-refractivity contribution in [3.8, 4) is 11.7 Å². The summed E-state index contributed by atoms with van der Waals surface area (Å²) < 4.78 is 10.9. The largest absolute Gasteiger partial charge is 0.440 e. The van der Waals surface area contributed by atoms with Gasteiger partial charge in [0.25, 0.3) is 5.89 Å². The lowest BCUT2D eigenvalue weighted by Crippen LogP contribution is -2.17. The quantitative estimate of drug-likeness (QED) is 0.798. The number of halogens is 1. The van der Waals surface area contributed by atoms with Crippen LogP contribution >= 0.6 is 11.6 Å². The van der Waals surface area contributed by atoms with Crippen LogP contribution in [-0.4, -0.2) is 17.2 Å². The van der Waals surface area contributed by atoms with E-state index in [1.165, 1.54) is 0 Å². The number of hydrogen-bond donors (Lipinski definition) is 1. The molecule has 2 heterocycles. The minimum Gasteiger partial charge on any atom is -0.440 e. The fourth-order valence-electron chi connectivity index (χ4n) is 1.96. The molecule has 2 aromatic heterocycles. The molecule has 1 unspecified atom stereocenters. The summed E-state index contributed by atoms with van der Waals surface area (Å²) in [6, 6.07) is 13.0. The van der Waals surface area contributed by atoms with E-state index in [1.807, 2.05) is 37.4 Å². The molecule has 3 rings (SSSR count). The van der Waals surface area contributed by atoms with E-state index >= 15 is 0 Å². The van der Waals surface area contributed by atoms with Gasteiger partial charge in [0, 0.05) is 0 Å². The zero-order valence-electron chi connectivity index (χ0n) is 10.7. The van der Waals surface area contributed by atoms with Crippen LogP contribution in [0.15, 0.2) is 51.3 Å². The van der Waals surface area contributed by atoms with Gasteiger partial charge in [-0.2, -0.15) is 0 Å². The summed E-state index contributed by atoms with van der Waals surface area (Å²) in [6.45, 7) is 0. The van der Waals surface area contributed by atoms with Crippen molar-refractivity contribution in [2.24, 2.45) is 0 Å². The number of nitrogens with one attached hydrogen (secondary N) is 1. The second-order valence-corrected chi connectivity index (χ2v) is 4.55. The highest BCUT2D eigenvalue weighted by molar-refractivity contribution is 6.28. The molecule has 0 radical (unpaired) electrons. The smallest absolute Gasteiger partial charge is 0.283 e. The van der Waals surface area contributed by atoms with Crippen LogP contribution in [0.4, 0.5) is 0 Å². The van der Waals surface area contributed by atoms with Gasteiger partial charge in [0.05, 0.1) is 0 Å². The zero-order chi connectivity index (χ0) is 13.9. The molecule has 0 saturated carbocycles. The van der Waals surface area contributed by atoms with Gasteiger partial charge >= 0.3 is 0 Å². The Labute approximate surface area is 120 Å². The van der Waals surface area contributed by atoms with Crippen LogP contribution in [0.5, 0.6) is 0 Å². The number of nitrogens with zero attached hydrogens (tertiary/aromatic N) is 2. The highest BCUT2D eigenvalue weighted by atomic mass is 35.5. The van der Waals surface area contributed by atoms with Crippen LogP contribution in [0.1, 0.15) is 17.5 Å². The second-order valence-electron chi connectivity index (χ2n) is 4.18. The maximum atomic E-state index is 5.73. The van der Waals surface area contributed by atoms with Crippen LogP contribution in [-0.2, 0) is 0 Å². The summed E-state index contributed by atoms with van der Waals surface area (Å²) in [4.78, 5) is 0. The SMILES string of the molecule is CNC(c1ccccc1)c1nnc(-c2ccc(Cl)o2)o1. The first-order valence-corrected chi connectivity index (χ1v) is 6.47. The van der Waals surface area contributed by atoms with Crippen LogP contribution in [0, 0.1) is 0 Å². The molecule has 3 aromatic rings. The van der Waals surface area contributed by atoms with Gasteiger partial charge in [0.15, 0.2) is 11.0 Å². The van der Waals surface area contributed by atoms with Crippen molar-refractivity contribution in [3.05, 3.63) is 59.1 Å². The van der Waals surface area contributed by atoms with Gasteiger partial charge in [-0.1, -0.05) is 30.3 Å². The summed E-state index contributed by atoms with van der Waals surface area (Å²) >= 11 is 5.73. The van der Waals surface area contributed by atoms with Gasteiger partial charge in [-0.05, 0) is 36.3 Å². The molecule has 0 aliphatic carbocycles. The van der Waals surface area contributed by atoms with Crippen molar-refractivity contribution in [1.82, 2.24) is 15.5 Å². The van der Waals surface area contributed by atoms with E-state index in [2.05, 4.69) is 15.5 Å². The fraction of sp³-hybridized carbons (Fsp3) is 0.143. The Morgan fingerprint density at radius 3 is 2.50 bits per heavy atom. The molecule has 0 spiro atoms. The molecular weight excluding hydrogens is 278 g/mol. The van der Waals surface area contributed by atoms with Gasteiger partial charge in [0.1, 0.15) is 6.04 Å². The predicted octanol–water partition coefficient (Wildman–Crippen LogP) is 3.29. The van der Waals surface area contributed by atoms with E-state index < -0.39 is 0 Å². The van der Waals surface area contributed by atoms with Crippen molar-refractivity contribution >= 4 is 11.6 Å². The number of rotatable bonds is 4. The van der Waals surface area contributed by atoms with Gasteiger partial charge in [-0.25, -0.2) is 0 Å². The maximum absolute atomic E-state index is 5.73. The van der Waals surface area contributed by atoms with Crippen molar-refractivity contribution in [1.29, 1.82) is 0 Å². The Bertz CT molecular complexity index is 693. The number of hydrogen-bond acceptors (Lipinski definition) is 5. The number of furan rings is 1. The maximum Gasteiger partial charge on any atom is 0.283 e. The summed E-state index contributed by atoms with van der Waals surface area (Å²) in [7, 11) is 1.84. The molecule has 0 aliphatic heterocycles. The van der Waals surface area contributed by atoms with Crippen LogP contribution in [0.25, 0.3) is 11.7 Å². The number of benzene rings is 1. The third kappa shape index (κ3) is 2.45. The normalized spacial score (nSPS) is 12.5.